The lowest BCUT2D eigenvalue weighted by Crippen LogP contribution is -2.38. The standard InChI is InChI=1S/C19H18ClF3N2O4S/c1-3-8-25(10-16(26)24-15-7-6-14(21)17(22)18(15)23)19(27)12-9-11(30(2,28)29)4-5-13(12)20/h4-7,9H,3,8,10H2,1-2H3,(H,24,26). The maximum absolute atomic E-state index is 13.8. The fourth-order valence-corrected chi connectivity index (χ4v) is 3.42. The molecule has 162 valence electrons. The molecule has 0 unspecified atom stereocenters. The SMILES string of the molecule is CCCN(CC(=O)Nc1ccc(F)c(F)c1F)C(=O)c1cc(S(C)(=O)=O)ccc1Cl. The van der Waals surface area contributed by atoms with Crippen LogP contribution in [0.5, 0.6) is 0 Å². The van der Waals surface area contributed by atoms with Gasteiger partial charge >= 0.3 is 0 Å². The molecule has 0 saturated heterocycles. The Hall–Kier alpha value is -2.59. The van der Waals surface area contributed by atoms with Crippen molar-refractivity contribution in [1.82, 2.24) is 4.90 Å². The van der Waals surface area contributed by atoms with Crippen LogP contribution < -0.4 is 5.32 Å². The Kier molecular flexibility index (Phi) is 7.49. The molecule has 1 N–H and O–H groups in total. The molecule has 0 aliphatic carbocycles. The predicted molar refractivity (Wildman–Crippen MR) is 106 cm³/mol. The number of carbonyl (C=O) groups excluding carboxylic acids is 2. The Balaban J connectivity index is 2.27. The zero-order chi connectivity index (χ0) is 22.6. The van der Waals surface area contributed by atoms with Gasteiger partial charge in [0.2, 0.25) is 5.91 Å². The fraction of sp³-hybridized carbons (Fsp3) is 0.263. The molecule has 0 heterocycles. The molecular formula is C19H18ClF3N2O4S. The quantitative estimate of drug-likeness (QED) is 0.637. The summed E-state index contributed by atoms with van der Waals surface area (Å²) in [6, 6.07) is 5.11. The van der Waals surface area contributed by atoms with E-state index in [0.717, 1.165) is 23.3 Å². The summed E-state index contributed by atoms with van der Waals surface area (Å²) in [6.45, 7) is 1.29. The molecule has 0 atom stereocenters. The second kappa shape index (κ2) is 9.48. The number of hydrogen-bond donors (Lipinski definition) is 1. The molecule has 2 rings (SSSR count). The maximum Gasteiger partial charge on any atom is 0.255 e. The van der Waals surface area contributed by atoms with E-state index < -0.39 is 51.3 Å². The van der Waals surface area contributed by atoms with Gasteiger partial charge in [0.05, 0.1) is 21.2 Å². The first-order valence-corrected chi connectivity index (χ1v) is 10.9. The lowest BCUT2D eigenvalue weighted by Gasteiger charge is -2.22. The molecule has 0 fully saturated rings. The monoisotopic (exact) mass is 462 g/mol. The summed E-state index contributed by atoms with van der Waals surface area (Å²) in [5, 5.41) is 2.07. The first kappa shape index (κ1) is 23.7. The van der Waals surface area contributed by atoms with Crippen molar-refractivity contribution >= 4 is 38.9 Å². The molecule has 30 heavy (non-hydrogen) atoms. The third kappa shape index (κ3) is 5.51. The van der Waals surface area contributed by atoms with E-state index in [1.54, 1.807) is 6.92 Å². The van der Waals surface area contributed by atoms with Gasteiger partial charge in [-0.1, -0.05) is 18.5 Å². The zero-order valence-corrected chi connectivity index (χ0v) is 17.6. The number of rotatable bonds is 7. The van der Waals surface area contributed by atoms with Crippen LogP contribution in [0.25, 0.3) is 0 Å². The topological polar surface area (TPSA) is 83.6 Å². The number of anilines is 1. The molecule has 0 aromatic heterocycles. The summed E-state index contributed by atoms with van der Waals surface area (Å²) in [4.78, 5) is 26.1. The highest BCUT2D eigenvalue weighted by Crippen LogP contribution is 2.23. The molecule has 11 heteroatoms. The number of hydrogen-bond acceptors (Lipinski definition) is 4. The van der Waals surface area contributed by atoms with Gasteiger partial charge in [0.15, 0.2) is 27.3 Å². The second-order valence-electron chi connectivity index (χ2n) is 6.41. The van der Waals surface area contributed by atoms with Crippen molar-refractivity contribution in [3.8, 4) is 0 Å². The van der Waals surface area contributed by atoms with Crippen molar-refractivity contribution in [1.29, 1.82) is 0 Å². The Morgan fingerprint density at radius 3 is 2.37 bits per heavy atom. The third-order valence-electron chi connectivity index (χ3n) is 4.02. The number of carbonyl (C=O) groups is 2. The second-order valence-corrected chi connectivity index (χ2v) is 8.83. The minimum absolute atomic E-state index is 0.0134. The van der Waals surface area contributed by atoms with Crippen molar-refractivity contribution in [2.45, 2.75) is 18.2 Å². The Morgan fingerprint density at radius 2 is 1.77 bits per heavy atom. The molecule has 0 radical (unpaired) electrons. The van der Waals surface area contributed by atoms with Gasteiger partial charge in [0.25, 0.3) is 5.91 Å². The number of amides is 2. The zero-order valence-electron chi connectivity index (χ0n) is 16.0. The normalized spacial score (nSPS) is 11.3. The van der Waals surface area contributed by atoms with Crippen LogP contribution >= 0.6 is 11.6 Å². The molecular weight excluding hydrogens is 445 g/mol. The summed E-state index contributed by atoms with van der Waals surface area (Å²) in [7, 11) is -3.61. The lowest BCUT2D eigenvalue weighted by molar-refractivity contribution is -0.116. The van der Waals surface area contributed by atoms with E-state index in [-0.39, 0.29) is 22.0 Å². The lowest BCUT2D eigenvalue weighted by atomic mass is 10.2. The molecule has 2 amide bonds. The van der Waals surface area contributed by atoms with Gasteiger partial charge in [-0.2, -0.15) is 0 Å². The molecule has 0 aliphatic heterocycles. The summed E-state index contributed by atoms with van der Waals surface area (Å²) >= 11 is 6.04. The average molecular weight is 463 g/mol. The van der Waals surface area contributed by atoms with E-state index in [2.05, 4.69) is 5.32 Å². The Labute approximate surface area is 176 Å². The highest BCUT2D eigenvalue weighted by atomic mass is 35.5. The number of halogens is 4. The smallest absolute Gasteiger partial charge is 0.255 e. The molecule has 0 spiro atoms. The van der Waals surface area contributed by atoms with Crippen LogP contribution in [0, 0.1) is 17.5 Å². The highest BCUT2D eigenvalue weighted by molar-refractivity contribution is 7.90. The number of nitrogens with zero attached hydrogens (tertiary/aromatic N) is 1. The molecule has 2 aromatic carbocycles. The summed E-state index contributed by atoms with van der Waals surface area (Å²) in [6.07, 6.45) is 1.42. The van der Waals surface area contributed by atoms with E-state index in [1.807, 2.05) is 0 Å². The van der Waals surface area contributed by atoms with Crippen LogP contribution in [0.1, 0.15) is 23.7 Å². The fourth-order valence-electron chi connectivity index (χ4n) is 2.58. The van der Waals surface area contributed by atoms with Crippen LogP contribution in [-0.4, -0.2) is 44.5 Å². The van der Waals surface area contributed by atoms with E-state index >= 15 is 0 Å². The molecule has 2 aromatic rings. The van der Waals surface area contributed by atoms with Crippen molar-refractivity contribution in [2.75, 3.05) is 24.7 Å². The highest BCUT2D eigenvalue weighted by Gasteiger charge is 2.23. The van der Waals surface area contributed by atoms with Gasteiger partial charge in [0.1, 0.15) is 6.54 Å². The van der Waals surface area contributed by atoms with Crippen molar-refractivity contribution in [2.24, 2.45) is 0 Å². The van der Waals surface area contributed by atoms with Crippen molar-refractivity contribution in [3.05, 3.63) is 58.4 Å². The van der Waals surface area contributed by atoms with Gasteiger partial charge < -0.3 is 10.2 Å². The van der Waals surface area contributed by atoms with Crippen LogP contribution in [0.2, 0.25) is 5.02 Å². The first-order valence-electron chi connectivity index (χ1n) is 8.68. The van der Waals surface area contributed by atoms with Gasteiger partial charge in [0, 0.05) is 12.8 Å². The Bertz CT molecular complexity index is 1090. The molecule has 0 bridgehead atoms. The Morgan fingerprint density at radius 1 is 1.10 bits per heavy atom. The summed E-state index contributed by atoms with van der Waals surface area (Å²) in [5.41, 5.74) is -0.709. The van der Waals surface area contributed by atoms with E-state index in [4.69, 9.17) is 11.6 Å². The minimum Gasteiger partial charge on any atom is -0.329 e. The van der Waals surface area contributed by atoms with Crippen LogP contribution in [0.15, 0.2) is 35.2 Å². The predicted octanol–water partition coefficient (Wildman–Crippen LogP) is 3.65. The maximum atomic E-state index is 13.8. The van der Waals surface area contributed by atoms with Gasteiger partial charge in [-0.3, -0.25) is 9.59 Å². The number of benzene rings is 2. The van der Waals surface area contributed by atoms with Crippen LogP contribution in [0.4, 0.5) is 18.9 Å². The minimum atomic E-state index is -3.61. The van der Waals surface area contributed by atoms with Gasteiger partial charge in [-0.15, -0.1) is 0 Å². The van der Waals surface area contributed by atoms with E-state index in [9.17, 15) is 31.2 Å². The first-order chi connectivity index (χ1) is 14.0. The third-order valence-corrected chi connectivity index (χ3v) is 5.46. The number of sulfone groups is 1. The summed E-state index contributed by atoms with van der Waals surface area (Å²) in [5.74, 6) is -6.29. The summed E-state index contributed by atoms with van der Waals surface area (Å²) < 4.78 is 63.6. The van der Waals surface area contributed by atoms with Crippen molar-refractivity contribution < 1.29 is 31.2 Å². The van der Waals surface area contributed by atoms with Gasteiger partial charge in [-0.25, -0.2) is 21.6 Å². The largest absolute Gasteiger partial charge is 0.329 e. The molecule has 6 nitrogen and oxygen atoms in total. The van der Waals surface area contributed by atoms with Gasteiger partial charge in [-0.05, 0) is 36.8 Å². The molecule has 0 saturated carbocycles. The number of nitrogens with one attached hydrogen (secondary N) is 1. The average Bonchev–Trinajstić information content (AvgIpc) is 2.67. The molecule has 0 aliphatic rings. The van der Waals surface area contributed by atoms with Crippen LogP contribution in [0.3, 0.4) is 0 Å². The van der Waals surface area contributed by atoms with Crippen LogP contribution in [-0.2, 0) is 14.6 Å². The van der Waals surface area contributed by atoms with E-state index in [1.165, 1.54) is 12.1 Å². The van der Waals surface area contributed by atoms with Crippen molar-refractivity contribution in [3.63, 3.8) is 0 Å². The van der Waals surface area contributed by atoms with E-state index in [0.29, 0.717) is 12.5 Å².